The van der Waals surface area contributed by atoms with Crippen molar-refractivity contribution in [2.75, 3.05) is 20.3 Å². The van der Waals surface area contributed by atoms with E-state index < -0.39 is 0 Å². The van der Waals surface area contributed by atoms with Gasteiger partial charge in [0.25, 0.3) is 5.56 Å². The zero-order chi connectivity index (χ0) is 22.2. The zero-order valence-corrected chi connectivity index (χ0v) is 18.2. The number of aromatic nitrogens is 5. The molecule has 8 heteroatoms. The topological polar surface area (TPSA) is 84.1 Å². The summed E-state index contributed by atoms with van der Waals surface area (Å²) in [5.74, 6) is 1.39. The molecule has 162 valence electrons. The molecule has 5 aromatic rings. The highest BCUT2D eigenvalue weighted by atomic mass is 16.5. The van der Waals surface area contributed by atoms with Gasteiger partial charge in [0.1, 0.15) is 22.5 Å². The predicted molar refractivity (Wildman–Crippen MR) is 124 cm³/mol. The fourth-order valence-corrected chi connectivity index (χ4v) is 3.98. The summed E-state index contributed by atoms with van der Waals surface area (Å²) in [5.41, 5.74) is 3.84. The Morgan fingerprint density at radius 3 is 2.34 bits per heavy atom. The average Bonchev–Trinajstić information content (AvgIpc) is 3.11. The molecular weight excluding hydrogens is 406 g/mol. The number of ether oxygens (including phenoxy) is 2. The highest BCUT2D eigenvalue weighted by molar-refractivity contribution is 6.05. The van der Waals surface area contributed by atoms with Crippen LogP contribution >= 0.6 is 0 Å². The van der Waals surface area contributed by atoms with Crippen molar-refractivity contribution < 1.29 is 9.47 Å². The molecule has 0 fully saturated rings. The van der Waals surface area contributed by atoms with Crippen LogP contribution in [0.3, 0.4) is 0 Å². The highest BCUT2D eigenvalue weighted by Gasteiger charge is 2.22. The van der Waals surface area contributed by atoms with Crippen LogP contribution in [0.2, 0.25) is 0 Å². The van der Waals surface area contributed by atoms with Crippen molar-refractivity contribution in [3.05, 3.63) is 64.7 Å². The Morgan fingerprint density at radius 2 is 1.66 bits per heavy atom. The van der Waals surface area contributed by atoms with Gasteiger partial charge in [0.2, 0.25) is 0 Å². The first-order chi connectivity index (χ1) is 15.6. The van der Waals surface area contributed by atoms with E-state index in [2.05, 4.69) is 0 Å². The monoisotopic (exact) mass is 429 g/mol. The number of hydrogen-bond acceptors (Lipinski definition) is 6. The van der Waals surface area contributed by atoms with E-state index in [1.165, 1.54) is 0 Å². The van der Waals surface area contributed by atoms with Crippen LogP contribution in [0.15, 0.2) is 53.3 Å². The van der Waals surface area contributed by atoms with Crippen molar-refractivity contribution in [1.82, 2.24) is 24.1 Å². The molecule has 0 aliphatic carbocycles. The Balaban J connectivity index is 1.88. The van der Waals surface area contributed by atoms with Crippen LogP contribution in [0.1, 0.15) is 12.7 Å². The lowest BCUT2D eigenvalue weighted by Gasteiger charge is -2.11. The number of benzene rings is 2. The number of aryl methyl sites for hydroxylation is 1. The van der Waals surface area contributed by atoms with Crippen LogP contribution in [-0.4, -0.2) is 44.4 Å². The van der Waals surface area contributed by atoms with Crippen LogP contribution < -0.4 is 10.3 Å². The number of para-hydroxylation sites is 2. The predicted octanol–water partition coefficient (Wildman–Crippen LogP) is 3.64. The van der Waals surface area contributed by atoms with Crippen molar-refractivity contribution in [1.29, 1.82) is 0 Å². The first kappa shape index (κ1) is 20.1. The Bertz CT molecular complexity index is 1500. The van der Waals surface area contributed by atoms with Gasteiger partial charge in [-0.15, -0.1) is 0 Å². The lowest BCUT2D eigenvalue weighted by Crippen LogP contribution is -2.25. The average molecular weight is 429 g/mol. The van der Waals surface area contributed by atoms with Crippen molar-refractivity contribution in [2.24, 2.45) is 0 Å². The standard InChI is InChI=1S/C24H23N5O3/c1-4-32-17-11-9-16(10-12-17)29-22-20(24(30)28(13-14-31-3)15(2)25-22)21-23(29)27-19-8-6-5-7-18(19)26-21/h5-12H,4,13-14H2,1-3H3. The van der Waals surface area contributed by atoms with E-state index in [1.807, 2.05) is 66.9 Å². The molecule has 0 N–H and O–H groups in total. The van der Waals surface area contributed by atoms with E-state index in [1.54, 1.807) is 11.7 Å². The van der Waals surface area contributed by atoms with Crippen LogP contribution in [0.5, 0.6) is 5.75 Å². The Kier molecular flexibility index (Phi) is 5.07. The molecule has 0 aliphatic heterocycles. The quantitative estimate of drug-likeness (QED) is 0.410. The molecule has 8 nitrogen and oxygen atoms in total. The molecule has 2 aromatic carbocycles. The molecule has 0 saturated heterocycles. The minimum atomic E-state index is -0.149. The molecule has 0 aliphatic rings. The third-order valence-corrected chi connectivity index (χ3v) is 5.48. The molecule has 3 heterocycles. The Hall–Kier alpha value is -3.78. The Morgan fingerprint density at radius 1 is 0.938 bits per heavy atom. The number of fused-ring (bicyclic) bond motifs is 4. The molecular formula is C24H23N5O3. The van der Waals surface area contributed by atoms with E-state index in [-0.39, 0.29) is 5.56 Å². The smallest absolute Gasteiger partial charge is 0.265 e. The van der Waals surface area contributed by atoms with Crippen molar-refractivity contribution in [3.8, 4) is 11.4 Å². The van der Waals surface area contributed by atoms with Gasteiger partial charge in [-0.3, -0.25) is 13.9 Å². The first-order valence-corrected chi connectivity index (χ1v) is 10.5. The van der Waals surface area contributed by atoms with Gasteiger partial charge in [0.15, 0.2) is 11.3 Å². The second kappa shape index (κ2) is 8.05. The van der Waals surface area contributed by atoms with E-state index in [4.69, 9.17) is 24.4 Å². The summed E-state index contributed by atoms with van der Waals surface area (Å²) in [6, 6.07) is 15.3. The van der Waals surface area contributed by atoms with Gasteiger partial charge < -0.3 is 9.47 Å². The summed E-state index contributed by atoms with van der Waals surface area (Å²) < 4.78 is 14.3. The van der Waals surface area contributed by atoms with Gasteiger partial charge in [-0.05, 0) is 50.2 Å². The number of rotatable bonds is 6. The molecule has 0 amide bonds. The zero-order valence-electron chi connectivity index (χ0n) is 18.2. The number of nitrogens with zero attached hydrogens (tertiary/aromatic N) is 5. The largest absolute Gasteiger partial charge is 0.494 e. The summed E-state index contributed by atoms with van der Waals surface area (Å²) in [6.45, 7) is 5.20. The van der Waals surface area contributed by atoms with Crippen molar-refractivity contribution >= 4 is 33.2 Å². The number of hydrogen-bond donors (Lipinski definition) is 0. The minimum Gasteiger partial charge on any atom is -0.494 e. The van der Waals surface area contributed by atoms with Crippen molar-refractivity contribution in [2.45, 2.75) is 20.4 Å². The summed E-state index contributed by atoms with van der Waals surface area (Å²) in [6.07, 6.45) is 0. The summed E-state index contributed by atoms with van der Waals surface area (Å²) in [5, 5.41) is 0.453. The van der Waals surface area contributed by atoms with Gasteiger partial charge in [-0.25, -0.2) is 15.0 Å². The fourth-order valence-electron chi connectivity index (χ4n) is 3.98. The van der Waals surface area contributed by atoms with Crippen LogP contribution in [-0.2, 0) is 11.3 Å². The molecule has 5 rings (SSSR count). The SMILES string of the molecule is CCOc1ccc(-n2c3nc4ccccc4nc3c3c(=O)n(CCOC)c(C)nc32)cc1. The van der Waals surface area contributed by atoms with Gasteiger partial charge >= 0.3 is 0 Å². The molecule has 0 spiro atoms. The molecule has 0 bridgehead atoms. The maximum atomic E-state index is 13.6. The third kappa shape index (κ3) is 3.20. The third-order valence-electron chi connectivity index (χ3n) is 5.48. The molecule has 0 radical (unpaired) electrons. The van der Waals surface area contributed by atoms with Crippen LogP contribution in [0, 0.1) is 6.92 Å². The highest BCUT2D eigenvalue weighted by Crippen LogP contribution is 2.29. The lowest BCUT2D eigenvalue weighted by atomic mass is 10.3. The van der Waals surface area contributed by atoms with Crippen LogP contribution in [0.4, 0.5) is 0 Å². The lowest BCUT2D eigenvalue weighted by molar-refractivity contribution is 0.185. The normalized spacial score (nSPS) is 11.6. The van der Waals surface area contributed by atoms with E-state index in [0.29, 0.717) is 47.8 Å². The molecule has 0 saturated carbocycles. The molecule has 0 atom stereocenters. The van der Waals surface area contributed by atoms with Gasteiger partial charge in [-0.1, -0.05) is 12.1 Å². The maximum Gasteiger partial charge on any atom is 0.265 e. The van der Waals surface area contributed by atoms with Gasteiger partial charge in [-0.2, -0.15) is 0 Å². The molecule has 32 heavy (non-hydrogen) atoms. The molecule has 0 unspecified atom stereocenters. The minimum absolute atomic E-state index is 0.149. The van der Waals surface area contributed by atoms with Gasteiger partial charge in [0.05, 0.1) is 30.8 Å². The summed E-state index contributed by atoms with van der Waals surface area (Å²) >= 11 is 0. The second-order valence-electron chi connectivity index (χ2n) is 7.45. The van der Waals surface area contributed by atoms with E-state index in [9.17, 15) is 4.79 Å². The fraction of sp³-hybridized carbons (Fsp3) is 0.250. The number of methoxy groups -OCH3 is 1. The van der Waals surface area contributed by atoms with Gasteiger partial charge in [0, 0.05) is 12.8 Å². The maximum absolute atomic E-state index is 13.6. The van der Waals surface area contributed by atoms with E-state index in [0.717, 1.165) is 22.5 Å². The van der Waals surface area contributed by atoms with E-state index >= 15 is 0 Å². The molecule has 3 aromatic heterocycles. The summed E-state index contributed by atoms with van der Waals surface area (Å²) in [4.78, 5) is 28.1. The first-order valence-electron chi connectivity index (χ1n) is 10.5. The second-order valence-corrected chi connectivity index (χ2v) is 7.45. The summed E-state index contributed by atoms with van der Waals surface area (Å²) in [7, 11) is 1.61. The van der Waals surface area contributed by atoms with Crippen molar-refractivity contribution in [3.63, 3.8) is 0 Å². The Labute approximate surface area is 184 Å². The van der Waals surface area contributed by atoms with Crippen LogP contribution in [0.25, 0.3) is 38.9 Å².